The summed E-state index contributed by atoms with van der Waals surface area (Å²) >= 11 is 0. The summed E-state index contributed by atoms with van der Waals surface area (Å²) in [5, 5.41) is 0. The molecule has 0 saturated heterocycles. The van der Waals surface area contributed by atoms with E-state index in [9.17, 15) is 4.79 Å². The highest BCUT2D eigenvalue weighted by Gasteiger charge is 2.11. The predicted molar refractivity (Wildman–Crippen MR) is 48.1 cm³/mol. The molecule has 1 unspecified atom stereocenters. The van der Waals surface area contributed by atoms with Crippen molar-refractivity contribution >= 4 is 5.91 Å². The van der Waals surface area contributed by atoms with Gasteiger partial charge in [0.2, 0.25) is 5.91 Å². The van der Waals surface area contributed by atoms with Crippen LogP contribution in [0.2, 0.25) is 0 Å². The monoisotopic (exact) mass is 174 g/mol. The molecule has 0 aromatic carbocycles. The lowest BCUT2D eigenvalue weighted by molar-refractivity contribution is -0.130. The van der Waals surface area contributed by atoms with E-state index in [0.717, 1.165) is 0 Å². The van der Waals surface area contributed by atoms with E-state index in [-0.39, 0.29) is 12.1 Å². The van der Waals surface area contributed by atoms with Crippen LogP contribution < -0.4 is 16.6 Å². The fourth-order valence-electron chi connectivity index (χ4n) is 0.949. The van der Waals surface area contributed by atoms with Crippen LogP contribution in [0, 0.1) is 0 Å². The number of hydrogen-bond acceptors (Lipinski definition) is 4. The number of hydrazine groups is 1. The minimum Gasteiger partial charge on any atom is -0.327 e. The van der Waals surface area contributed by atoms with Crippen molar-refractivity contribution in [2.75, 3.05) is 20.1 Å². The van der Waals surface area contributed by atoms with Gasteiger partial charge in [0.15, 0.2) is 0 Å². The number of nitrogens with one attached hydrogen (secondary N) is 2. The third-order valence-electron chi connectivity index (χ3n) is 1.55. The van der Waals surface area contributed by atoms with Crippen molar-refractivity contribution in [2.24, 2.45) is 5.73 Å². The van der Waals surface area contributed by atoms with Crippen molar-refractivity contribution in [1.29, 1.82) is 0 Å². The van der Waals surface area contributed by atoms with Crippen LogP contribution in [-0.4, -0.2) is 37.1 Å². The van der Waals surface area contributed by atoms with Gasteiger partial charge in [-0.05, 0) is 14.0 Å². The Balaban J connectivity index is 3.72. The molecule has 1 atom stereocenters. The van der Waals surface area contributed by atoms with Gasteiger partial charge in [-0.1, -0.05) is 0 Å². The third-order valence-corrected chi connectivity index (χ3v) is 1.55. The molecule has 0 aromatic heterocycles. The lowest BCUT2D eigenvalue weighted by Gasteiger charge is -2.24. The second-order valence-electron chi connectivity index (χ2n) is 2.63. The zero-order valence-corrected chi connectivity index (χ0v) is 7.92. The van der Waals surface area contributed by atoms with E-state index < -0.39 is 0 Å². The summed E-state index contributed by atoms with van der Waals surface area (Å²) in [4.78, 5) is 12.6. The number of hydrogen-bond donors (Lipinski definition) is 3. The summed E-state index contributed by atoms with van der Waals surface area (Å²) in [5.74, 6) is 0.00269. The van der Waals surface area contributed by atoms with E-state index in [2.05, 4.69) is 10.9 Å². The Labute approximate surface area is 73.3 Å². The van der Waals surface area contributed by atoms with Crippen molar-refractivity contribution < 1.29 is 4.79 Å². The van der Waals surface area contributed by atoms with Gasteiger partial charge in [0.1, 0.15) is 0 Å². The summed E-state index contributed by atoms with van der Waals surface area (Å²) in [5.41, 5.74) is 11.2. The minimum atomic E-state index is -0.221. The molecule has 0 fully saturated rings. The lowest BCUT2D eigenvalue weighted by Crippen LogP contribution is -2.47. The summed E-state index contributed by atoms with van der Waals surface area (Å²) < 4.78 is 0. The highest BCUT2D eigenvalue weighted by molar-refractivity contribution is 5.73. The molecule has 1 amide bonds. The van der Waals surface area contributed by atoms with Crippen molar-refractivity contribution in [2.45, 2.75) is 20.0 Å². The standard InChI is InChI=1S/C7H18N4O/c1-6(8)11(7(2)12)5-4-10-9-3/h6,9-10H,4-5,8H2,1-3H3. The number of rotatable bonds is 5. The molecule has 4 N–H and O–H groups in total. The first-order valence-electron chi connectivity index (χ1n) is 4.02. The van der Waals surface area contributed by atoms with E-state index >= 15 is 0 Å². The minimum absolute atomic E-state index is 0.00269. The van der Waals surface area contributed by atoms with Gasteiger partial charge in [0, 0.05) is 20.0 Å². The van der Waals surface area contributed by atoms with Gasteiger partial charge < -0.3 is 10.6 Å². The molecule has 0 saturated carbocycles. The van der Waals surface area contributed by atoms with Crippen LogP contribution in [0.15, 0.2) is 0 Å². The van der Waals surface area contributed by atoms with Gasteiger partial charge in [-0.3, -0.25) is 15.6 Å². The topological polar surface area (TPSA) is 70.4 Å². The molecule has 0 spiro atoms. The highest BCUT2D eigenvalue weighted by Crippen LogP contribution is 1.91. The Bertz CT molecular complexity index is 137. The Hall–Kier alpha value is -0.650. The number of nitrogens with zero attached hydrogens (tertiary/aromatic N) is 1. The maximum atomic E-state index is 11.0. The quantitative estimate of drug-likeness (QED) is 0.280. The summed E-state index contributed by atoms with van der Waals surface area (Å²) in [6.45, 7) is 4.62. The van der Waals surface area contributed by atoms with Crippen LogP contribution >= 0.6 is 0 Å². The normalized spacial score (nSPS) is 12.7. The van der Waals surface area contributed by atoms with Crippen LogP contribution in [-0.2, 0) is 4.79 Å². The molecule has 0 aromatic rings. The number of carbonyl (C=O) groups is 1. The molecule has 0 bridgehead atoms. The van der Waals surface area contributed by atoms with Crippen LogP contribution in [0.25, 0.3) is 0 Å². The Kier molecular flexibility index (Phi) is 5.61. The van der Waals surface area contributed by atoms with Crippen molar-refractivity contribution in [3.05, 3.63) is 0 Å². The SMILES string of the molecule is CNNCCN(C(C)=O)C(C)N. The smallest absolute Gasteiger partial charge is 0.220 e. The van der Waals surface area contributed by atoms with E-state index in [1.807, 2.05) is 0 Å². The first kappa shape index (κ1) is 11.4. The zero-order chi connectivity index (χ0) is 9.56. The second-order valence-corrected chi connectivity index (χ2v) is 2.63. The molecule has 5 nitrogen and oxygen atoms in total. The largest absolute Gasteiger partial charge is 0.327 e. The number of nitrogens with two attached hydrogens (primary N) is 1. The van der Waals surface area contributed by atoms with Crippen LogP contribution in [0.4, 0.5) is 0 Å². The maximum absolute atomic E-state index is 11.0. The van der Waals surface area contributed by atoms with Crippen molar-refractivity contribution in [3.63, 3.8) is 0 Å². The van der Waals surface area contributed by atoms with Gasteiger partial charge >= 0.3 is 0 Å². The van der Waals surface area contributed by atoms with Gasteiger partial charge in [-0.15, -0.1) is 0 Å². The molecule has 0 aliphatic heterocycles. The summed E-state index contributed by atoms with van der Waals surface area (Å²) in [6, 6.07) is 0. The second kappa shape index (κ2) is 5.93. The highest BCUT2D eigenvalue weighted by atomic mass is 16.2. The summed E-state index contributed by atoms with van der Waals surface area (Å²) in [6.07, 6.45) is -0.221. The first-order valence-corrected chi connectivity index (χ1v) is 4.02. The average molecular weight is 174 g/mol. The van der Waals surface area contributed by atoms with Gasteiger partial charge in [-0.25, -0.2) is 0 Å². The van der Waals surface area contributed by atoms with E-state index in [1.54, 1.807) is 18.9 Å². The molecule has 0 aliphatic rings. The Morgan fingerprint density at radius 3 is 2.58 bits per heavy atom. The van der Waals surface area contributed by atoms with Crippen molar-refractivity contribution in [1.82, 2.24) is 15.8 Å². The predicted octanol–water partition coefficient (Wildman–Crippen LogP) is -1.14. The van der Waals surface area contributed by atoms with Gasteiger partial charge in [0.05, 0.1) is 6.17 Å². The van der Waals surface area contributed by atoms with E-state index in [0.29, 0.717) is 13.1 Å². The Morgan fingerprint density at radius 1 is 1.67 bits per heavy atom. The number of amides is 1. The number of carbonyl (C=O) groups excluding carboxylic acids is 1. The molecule has 0 heterocycles. The molecule has 12 heavy (non-hydrogen) atoms. The molecular formula is C7H18N4O. The molecule has 0 aliphatic carbocycles. The summed E-state index contributed by atoms with van der Waals surface area (Å²) in [7, 11) is 1.78. The van der Waals surface area contributed by atoms with Crippen molar-refractivity contribution in [3.8, 4) is 0 Å². The van der Waals surface area contributed by atoms with Gasteiger partial charge in [-0.2, -0.15) is 0 Å². The van der Waals surface area contributed by atoms with Crippen LogP contribution in [0.3, 0.4) is 0 Å². The molecule has 0 rings (SSSR count). The third kappa shape index (κ3) is 4.27. The fourth-order valence-corrected chi connectivity index (χ4v) is 0.949. The molecule has 5 heteroatoms. The van der Waals surface area contributed by atoms with Gasteiger partial charge in [0.25, 0.3) is 0 Å². The Morgan fingerprint density at radius 2 is 2.25 bits per heavy atom. The van der Waals surface area contributed by atoms with Crippen LogP contribution in [0.1, 0.15) is 13.8 Å². The average Bonchev–Trinajstić information content (AvgIpc) is 1.96. The lowest BCUT2D eigenvalue weighted by atomic mass is 10.4. The van der Waals surface area contributed by atoms with E-state index in [1.165, 1.54) is 6.92 Å². The zero-order valence-electron chi connectivity index (χ0n) is 7.92. The molecule has 72 valence electrons. The molecule has 0 radical (unpaired) electrons. The van der Waals surface area contributed by atoms with E-state index in [4.69, 9.17) is 5.73 Å². The van der Waals surface area contributed by atoms with Crippen LogP contribution in [0.5, 0.6) is 0 Å². The fraction of sp³-hybridized carbons (Fsp3) is 0.857. The maximum Gasteiger partial charge on any atom is 0.220 e. The first-order chi connectivity index (χ1) is 5.59. The molecular weight excluding hydrogens is 156 g/mol.